The Morgan fingerprint density at radius 3 is 2.50 bits per heavy atom. The molecule has 1 aliphatic heterocycles. The van der Waals surface area contributed by atoms with E-state index in [1.54, 1.807) is 18.5 Å². The molecule has 244 valence electrons. The standard InChI is InChI=1S/C32H38F3N9O2/c1-31(45)10-5-22(6-11-31)40-27-15-29(41-28-7-12-36-30(42-28)21-16-39-44(19-21)20-32(33,34)35)38-18-25(27)26-4-3-24(17-37-26)46-23-8-13-43(2)14-9-23/h3-4,7,12,15-19,22-23,45H,5-6,8-11,13-14,20H2,1-2H3,(H2,36,38,40,41,42). The number of rotatable bonds is 9. The zero-order valence-corrected chi connectivity index (χ0v) is 25.8. The molecule has 0 atom stereocenters. The zero-order valence-electron chi connectivity index (χ0n) is 25.8. The molecule has 6 rings (SSSR count). The summed E-state index contributed by atoms with van der Waals surface area (Å²) in [6.45, 7) is 2.70. The zero-order chi connectivity index (χ0) is 32.3. The predicted octanol–water partition coefficient (Wildman–Crippen LogP) is 5.68. The summed E-state index contributed by atoms with van der Waals surface area (Å²) in [5.74, 6) is 1.89. The molecule has 11 nitrogen and oxygen atoms in total. The summed E-state index contributed by atoms with van der Waals surface area (Å²) in [6, 6.07) is 7.56. The van der Waals surface area contributed by atoms with E-state index in [0.29, 0.717) is 30.0 Å². The Balaban J connectivity index is 1.21. The van der Waals surface area contributed by atoms with Crippen molar-refractivity contribution in [3.8, 4) is 28.4 Å². The van der Waals surface area contributed by atoms with Gasteiger partial charge in [0.05, 0.1) is 29.3 Å². The predicted molar refractivity (Wildman–Crippen MR) is 168 cm³/mol. The smallest absolute Gasteiger partial charge is 0.408 e. The summed E-state index contributed by atoms with van der Waals surface area (Å²) < 4.78 is 45.4. The molecule has 1 aliphatic carbocycles. The molecule has 1 saturated heterocycles. The van der Waals surface area contributed by atoms with Gasteiger partial charge in [0, 0.05) is 55.0 Å². The number of anilines is 3. The van der Waals surface area contributed by atoms with E-state index in [0.717, 1.165) is 66.1 Å². The van der Waals surface area contributed by atoms with Crippen molar-refractivity contribution in [2.24, 2.45) is 0 Å². The number of aromatic nitrogens is 6. The Kier molecular flexibility index (Phi) is 9.09. The van der Waals surface area contributed by atoms with Crippen LogP contribution in [0.25, 0.3) is 22.6 Å². The Morgan fingerprint density at radius 2 is 1.78 bits per heavy atom. The van der Waals surface area contributed by atoms with Crippen LogP contribution in [0.15, 0.2) is 55.2 Å². The fourth-order valence-corrected chi connectivity index (χ4v) is 5.80. The Labute approximate surface area is 265 Å². The molecule has 1 saturated carbocycles. The second kappa shape index (κ2) is 13.2. The molecular formula is C32H38F3N9O2. The van der Waals surface area contributed by atoms with Gasteiger partial charge in [-0.2, -0.15) is 18.3 Å². The van der Waals surface area contributed by atoms with Crippen LogP contribution >= 0.6 is 0 Å². The topological polar surface area (TPSA) is 126 Å². The number of pyridine rings is 2. The van der Waals surface area contributed by atoms with Gasteiger partial charge in [0.15, 0.2) is 5.82 Å². The molecule has 3 N–H and O–H groups in total. The van der Waals surface area contributed by atoms with E-state index in [1.807, 2.05) is 25.1 Å². The lowest BCUT2D eigenvalue weighted by Gasteiger charge is -2.34. The Hall–Kier alpha value is -4.30. The van der Waals surface area contributed by atoms with Gasteiger partial charge in [0.1, 0.15) is 30.0 Å². The average Bonchev–Trinajstić information content (AvgIpc) is 3.47. The van der Waals surface area contributed by atoms with Gasteiger partial charge in [0.2, 0.25) is 0 Å². The van der Waals surface area contributed by atoms with Crippen LogP contribution in [-0.2, 0) is 6.54 Å². The van der Waals surface area contributed by atoms with Crippen molar-refractivity contribution in [2.45, 2.75) is 75.9 Å². The van der Waals surface area contributed by atoms with Gasteiger partial charge in [-0.15, -0.1) is 0 Å². The number of piperidine rings is 1. The third kappa shape index (κ3) is 8.29. The first kappa shape index (κ1) is 31.7. The summed E-state index contributed by atoms with van der Waals surface area (Å²) in [5.41, 5.74) is 2.07. The van der Waals surface area contributed by atoms with Crippen molar-refractivity contribution in [1.82, 2.24) is 34.6 Å². The Morgan fingerprint density at radius 1 is 1.00 bits per heavy atom. The minimum absolute atomic E-state index is 0.153. The fraction of sp³-hybridized carbons (Fsp3) is 0.469. The SMILES string of the molecule is CN1CCC(Oc2ccc(-c3cnc(Nc4ccnc(-c5cnn(CC(F)(F)F)c5)n4)cc3NC3CCC(C)(O)CC3)nc2)CC1. The van der Waals surface area contributed by atoms with Gasteiger partial charge in [0.25, 0.3) is 0 Å². The van der Waals surface area contributed by atoms with Crippen molar-refractivity contribution >= 4 is 17.3 Å². The highest BCUT2D eigenvalue weighted by atomic mass is 19.4. The number of hydrogen-bond acceptors (Lipinski definition) is 10. The number of alkyl halides is 3. The first-order valence-corrected chi connectivity index (χ1v) is 15.5. The van der Waals surface area contributed by atoms with Crippen LogP contribution in [0.3, 0.4) is 0 Å². The van der Waals surface area contributed by atoms with Gasteiger partial charge in [-0.1, -0.05) is 0 Å². The van der Waals surface area contributed by atoms with Gasteiger partial charge < -0.3 is 25.4 Å². The molecule has 5 heterocycles. The average molecular weight is 638 g/mol. The largest absolute Gasteiger partial charge is 0.489 e. The third-order valence-electron chi connectivity index (χ3n) is 8.45. The normalized spacial score (nSPS) is 21.2. The van der Waals surface area contributed by atoms with Crippen molar-refractivity contribution in [1.29, 1.82) is 0 Å². The molecule has 2 aliphatic rings. The second-order valence-corrected chi connectivity index (χ2v) is 12.5. The monoisotopic (exact) mass is 637 g/mol. The highest BCUT2D eigenvalue weighted by molar-refractivity contribution is 5.78. The van der Waals surface area contributed by atoms with Crippen LogP contribution < -0.4 is 15.4 Å². The minimum Gasteiger partial charge on any atom is -0.489 e. The van der Waals surface area contributed by atoms with Gasteiger partial charge >= 0.3 is 6.18 Å². The number of ether oxygens (including phenoxy) is 1. The molecule has 14 heteroatoms. The van der Waals surface area contributed by atoms with E-state index < -0.39 is 18.3 Å². The molecule has 2 fully saturated rings. The van der Waals surface area contributed by atoms with E-state index in [9.17, 15) is 18.3 Å². The van der Waals surface area contributed by atoms with Gasteiger partial charge in [-0.05, 0) is 70.7 Å². The van der Waals surface area contributed by atoms with Crippen molar-refractivity contribution in [2.75, 3.05) is 30.8 Å². The van der Waals surface area contributed by atoms with Crippen LogP contribution in [0.5, 0.6) is 5.75 Å². The van der Waals surface area contributed by atoms with Crippen LogP contribution in [0, 0.1) is 0 Å². The summed E-state index contributed by atoms with van der Waals surface area (Å²) in [7, 11) is 2.12. The number of nitrogens with zero attached hydrogens (tertiary/aromatic N) is 7. The molecule has 4 aromatic heterocycles. The lowest BCUT2D eigenvalue weighted by molar-refractivity contribution is -0.142. The second-order valence-electron chi connectivity index (χ2n) is 12.5. The first-order valence-electron chi connectivity index (χ1n) is 15.5. The molecule has 0 unspecified atom stereocenters. The molecular weight excluding hydrogens is 599 g/mol. The number of hydrogen-bond donors (Lipinski definition) is 3. The lowest BCUT2D eigenvalue weighted by atomic mass is 9.83. The maximum Gasteiger partial charge on any atom is 0.408 e. The van der Waals surface area contributed by atoms with E-state index in [1.165, 1.54) is 18.6 Å². The summed E-state index contributed by atoms with van der Waals surface area (Å²) >= 11 is 0. The number of nitrogens with one attached hydrogen (secondary N) is 2. The third-order valence-corrected chi connectivity index (χ3v) is 8.45. The Bertz CT molecular complexity index is 1610. The summed E-state index contributed by atoms with van der Waals surface area (Å²) in [5, 5.41) is 21.1. The van der Waals surface area contributed by atoms with Crippen molar-refractivity contribution in [3.63, 3.8) is 0 Å². The van der Waals surface area contributed by atoms with Crippen molar-refractivity contribution in [3.05, 3.63) is 55.2 Å². The van der Waals surface area contributed by atoms with Crippen LogP contribution in [0.1, 0.15) is 45.4 Å². The molecule has 0 radical (unpaired) electrons. The maximum atomic E-state index is 12.8. The lowest BCUT2D eigenvalue weighted by Crippen LogP contribution is -2.35. The van der Waals surface area contributed by atoms with Crippen molar-refractivity contribution < 1.29 is 23.0 Å². The van der Waals surface area contributed by atoms with Gasteiger partial charge in [-0.3, -0.25) is 9.67 Å². The van der Waals surface area contributed by atoms with Gasteiger partial charge in [-0.25, -0.2) is 15.0 Å². The molecule has 4 aromatic rings. The highest BCUT2D eigenvalue weighted by Crippen LogP contribution is 2.35. The number of likely N-dealkylation sites (tertiary alicyclic amines) is 1. The molecule has 0 aromatic carbocycles. The van der Waals surface area contributed by atoms with Crippen LogP contribution in [0.2, 0.25) is 0 Å². The quantitative estimate of drug-likeness (QED) is 0.211. The minimum atomic E-state index is -4.38. The first-order chi connectivity index (χ1) is 22.0. The van der Waals surface area contributed by atoms with E-state index in [-0.39, 0.29) is 18.0 Å². The van der Waals surface area contributed by atoms with E-state index in [2.05, 4.69) is 42.6 Å². The van der Waals surface area contributed by atoms with E-state index in [4.69, 9.17) is 9.72 Å². The van der Waals surface area contributed by atoms with Crippen LogP contribution in [0.4, 0.5) is 30.5 Å². The number of aliphatic hydroxyl groups is 1. The fourth-order valence-electron chi connectivity index (χ4n) is 5.80. The molecule has 0 bridgehead atoms. The maximum absolute atomic E-state index is 12.8. The number of halogens is 3. The van der Waals surface area contributed by atoms with Crippen LogP contribution in [-0.4, -0.2) is 83.8 Å². The molecule has 0 amide bonds. The summed E-state index contributed by atoms with van der Waals surface area (Å²) in [4.78, 5) is 20.3. The highest BCUT2D eigenvalue weighted by Gasteiger charge is 2.30. The summed E-state index contributed by atoms with van der Waals surface area (Å²) in [6.07, 6.45) is 8.35. The molecule has 0 spiro atoms. The molecule has 46 heavy (non-hydrogen) atoms. The van der Waals surface area contributed by atoms with E-state index >= 15 is 0 Å².